The number of ketones is 1. The second-order valence-corrected chi connectivity index (χ2v) is 5.97. The molecule has 0 unspecified atom stereocenters. The van der Waals surface area contributed by atoms with Crippen LogP contribution in [0.25, 0.3) is 5.57 Å². The molecule has 116 valence electrons. The molecule has 4 nitrogen and oxygen atoms in total. The first kappa shape index (κ1) is 15.4. The van der Waals surface area contributed by atoms with Crippen molar-refractivity contribution in [2.45, 2.75) is 6.04 Å². The lowest BCUT2D eigenvalue weighted by molar-refractivity contribution is -0.126. The molecule has 1 aliphatic heterocycles. The quantitative estimate of drug-likeness (QED) is 0.846. The number of halogens is 2. The van der Waals surface area contributed by atoms with Crippen LogP contribution in [-0.2, 0) is 9.59 Å². The van der Waals surface area contributed by atoms with Crippen molar-refractivity contribution in [3.63, 3.8) is 0 Å². The fourth-order valence-corrected chi connectivity index (χ4v) is 2.69. The molecular formula is C17H11BrFNO3. The molecule has 2 aromatic rings. The monoisotopic (exact) mass is 375 g/mol. The molecule has 0 bridgehead atoms. The highest BCUT2D eigenvalue weighted by Gasteiger charge is 2.36. The first-order valence-corrected chi connectivity index (χ1v) is 7.56. The molecule has 2 aromatic carbocycles. The standard InChI is InChI=1S/C17H11BrFNO3/c18-11-5-1-9(2-6-11)13-15(21)14(20-17(23)16(13)22)10-3-7-12(19)8-4-10/h1-8,14,22H,(H,20,23)/t14-/m0/s1. The Morgan fingerprint density at radius 3 is 2.22 bits per heavy atom. The van der Waals surface area contributed by atoms with Gasteiger partial charge in [0.2, 0.25) is 0 Å². The van der Waals surface area contributed by atoms with Crippen LogP contribution in [0.4, 0.5) is 4.39 Å². The highest BCUT2D eigenvalue weighted by Crippen LogP contribution is 2.31. The van der Waals surface area contributed by atoms with Gasteiger partial charge < -0.3 is 10.4 Å². The van der Waals surface area contributed by atoms with Crippen LogP contribution < -0.4 is 5.32 Å². The number of aliphatic hydroxyl groups is 1. The zero-order valence-electron chi connectivity index (χ0n) is 11.7. The predicted molar refractivity (Wildman–Crippen MR) is 86.0 cm³/mol. The smallest absolute Gasteiger partial charge is 0.287 e. The minimum Gasteiger partial charge on any atom is -0.503 e. The third-order valence-corrected chi connectivity index (χ3v) is 4.10. The third kappa shape index (κ3) is 2.90. The fourth-order valence-electron chi connectivity index (χ4n) is 2.43. The predicted octanol–water partition coefficient (Wildman–Crippen LogP) is 3.30. The zero-order chi connectivity index (χ0) is 16.6. The van der Waals surface area contributed by atoms with E-state index in [1.165, 1.54) is 24.3 Å². The summed E-state index contributed by atoms with van der Waals surface area (Å²) in [4.78, 5) is 24.7. The molecule has 0 saturated heterocycles. The van der Waals surface area contributed by atoms with Crippen molar-refractivity contribution in [1.82, 2.24) is 5.32 Å². The number of amides is 1. The van der Waals surface area contributed by atoms with Crippen LogP contribution in [0.15, 0.2) is 58.8 Å². The van der Waals surface area contributed by atoms with Gasteiger partial charge in [-0.05, 0) is 35.4 Å². The first-order chi connectivity index (χ1) is 11.0. The summed E-state index contributed by atoms with van der Waals surface area (Å²) in [5.74, 6) is -2.24. The number of benzene rings is 2. The van der Waals surface area contributed by atoms with Crippen molar-refractivity contribution in [2.75, 3.05) is 0 Å². The highest BCUT2D eigenvalue weighted by molar-refractivity contribution is 9.10. The van der Waals surface area contributed by atoms with E-state index in [0.717, 1.165) is 4.47 Å². The molecule has 0 aliphatic carbocycles. The van der Waals surface area contributed by atoms with E-state index in [1.807, 2.05) is 0 Å². The summed E-state index contributed by atoms with van der Waals surface area (Å²) in [6, 6.07) is 11.0. The van der Waals surface area contributed by atoms with Crippen LogP contribution in [0, 0.1) is 5.82 Å². The van der Waals surface area contributed by atoms with Crippen LogP contribution in [0.5, 0.6) is 0 Å². The molecule has 1 aliphatic rings. The SMILES string of the molecule is O=C1N[C@@H](c2ccc(F)cc2)C(=O)C(c2ccc(Br)cc2)=C1O. The lowest BCUT2D eigenvalue weighted by atomic mass is 9.89. The Bertz CT molecular complexity index is 813. The van der Waals surface area contributed by atoms with E-state index in [1.54, 1.807) is 24.3 Å². The normalized spacial score (nSPS) is 18.1. The largest absolute Gasteiger partial charge is 0.503 e. The molecule has 23 heavy (non-hydrogen) atoms. The lowest BCUT2D eigenvalue weighted by Gasteiger charge is -2.25. The molecular weight excluding hydrogens is 365 g/mol. The van der Waals surface area contributed by atoms with Crippen LogP contribution in [0.2, 0.25) is 0 Å². The summed E-state index contributed by atoms with van der Waals surface area (Å²) in [7, 11) is 0. The Hall–Kier alpha value is -2.47. The number of carbonyl (C=O) groups excluding carboxylic acids is 2. The van der Waals surface area contributed by atoms with E-state index in [4.69, 9.17) is 0 Å². The van der Waals surface area contributed by atoms with E-state index >= 15 is 0 Å². The Morgan fingerprint density at radius 1 is 1.00 bits per heavy atom. The minimum absolute atomic E-state index is 0.0458. The molecule has 1 heterocycles. The van der Waals surface area contributed by atoms with E-state index in [9.17, 15) is 19.1 Å². The topological polar surface area (TPSA) is 66.4 Å². The number of Topliss-reactive ketones (excluding diaryl/α,β-unsaturated/α-hetero) is 1. The highest BCUT2D eigenvalue weighted by atomic mass is 79.9. The van der Waals surface area contributed by atoms with Gasteiger partial charge in [-0.2, -0.15) is 0 Å². The Labute approximate surface area is 139 Å². The average molecular weight is 376 g/mol. The van der Waals surface area contributed by atoms with Crippen molar-refractivity contribution in [1.29, 1.82) is 0 Å². The molecule has 0 fully saturated rings. The van der Waals surface area contributed by atoms with Gasteiger partial charge in [0, 0.05) is 4.47 Å². The summed E-state index contributed by atoms with van der Waals surface area (Å²) in [6.07, 6.45) is 0. The van der Waals surface area contributed by atoms with Gasteiger partial charge in [0.15, 0.2) is 11.5 Å². The Balaban J connectivity index is 2.06. The Morgan fingerprint density at radius 2 is 1.61 bits per heavy atom. The van der Waals surface area contributed by atoms with Gasteiger partial charge in [0.25, 0.3) is 5.91 Å². The number of rotatable bonds is 2. The van der Waals surface area contributed by atoms with E-state index in [2.05, 4.69) is 21.2 Å². The maximum Gasteiger partial charge on any atom is 0.287 e. The number of carbonyl (C=O) groups is 2. The molecule has 0 radical (unpaired) electrons. The van der Waals surface area contributed by atoms with Crippen LogP contribution >= 0.6 is 15.9 Å². The zero-order valence-corrected chi connectivity index (χ0v) is 13.3. The number of nitrogens with one attached hydrogen (secondary N) is 1. The van der Waals surface area contributed by atoms with Crippen molar-refractivity contribution in [3.8, 4) is 0 Å². The molecule has 0 spiro atoms. The molecule has 6 heteroatoms. The van der Waals surface area contributed by atoms with Crippen LogP contribution in [-0.4, -0.2) is 16.8 Å². The molecule has 0 saturated carbocycles. The van der Waals surface area contributed by atoms with Crippen molar-refractivity contribution >= 4 is 33.2 Å². The Kier molecular flexibility index (Phi) is 4.00. The molecule has 2 N–H and O–H groups in total. The summed E-state index contributed by atoms with van der Waals surface area (Å²) in [5.41, 5.74) is 0.847. The average Bonchev–Trinajstić information content (AvgIpc) is 2.54. The maximum absolute atomic E-state index is 13.0. The van der Waals surface area contributed by atoms with Gasteiger partial charge in [-0.3, -0.25) is 9.59 Å². The van der Waals surface area contributed by atoms with Gasteiger partial charge in [0.05, 0.1) is 5.57 Å². The summed E-state index contributed by atoms with van der Waals surface area (Å²) in [5, 5.41) is 12.4. The van der Waals surface area contributed by atoms with Crippen molar-refractivity contribution in [3.05, 3.63) is 75.7 Å². The van der Waals surface area contributed by atoms with Crippen molar-refractivity contribution < 1.29 is 19.1 Å². The number of hydrogen-bond donors (Lipinski definition) is 2. The van der Waals surface area contributed by atoms with Gasteiger partial charge >= 0.3 is 0 Å². The van der Waals surface area contributed by atoms with E-state index in [0.29, 0.717) is 11.1 Å². The lowest BCUT2D eigenvalue weighted by Crippen LogP contribution is -2.40. The molecule has 0 aromatic heterocycles. The number of hydrogen-bond acceptors (Lipinski definition) is 3. The van der Waals surface area contributed by atoms with Gasteiger partial charge in [-0.25, -0.2) is 4.39 Å². The van der Waals surface area contributed by atoms with Crippen LogP contribution in [0.3, 0.4) is 0 Å². The van der Waals surface area contributed by atoms with Gasteiger partial charge in [0.1, 0.15) is 11.9 Å². The second kappa shape index (κ2) is 5.96. The fraction of sp³-hybridized carbons (Fsp3) is 0.0588. The van der Waals surface area contributed by atoms with E-state index in [-0.39, 0.29) is 5.57 Å². The van der Waals surface area contributed by atoms with E-state index < -0.39 is 29.3 Å². The summed E-state index contributed by atoms with van der Waals surface area (Å²) in [6.45, 7) is 0. The maximum atomic E-state index is 13.0. The van der Waals surface area contributed by atoms with Gasteiger partial charge in [-0.15, -0.1) is 0 Å². The molecule has 3 rings (SSSR count). The number of aliphatic hydroxyl groups excluding tert-OH is 1. The van der Waals surface area contributed by atoms with Crippen LogP contribution in [0.1, 0.15) is 17.2 Å². The minimum atomic E-state index is -0.961. The summed E-state index contributed by atoms with van der Waals surface area (Å²) < 4.78 is 13.9. The van der Waals surface area contributed by atoms with Crippen molar-refractivity contribution in [2.24, 2.45) is 0 Å². The molecule has 1 atom stereocenters. The van der Waals surface area contributed by atoms with Gasteiger partial charge in [-0.1, -0.05) is 40.2 Å². The second-order valence-electron chi connectivity index (χ2n) is 5.05. The third-order valence-electron chi connectivity index (χ3n) is 3.57. The molecule has 1 amide bonds. The first-order valence-electron chi connectivity index (χ1n) is 6.77. The summed E-state index contributed by atoms with van der Waals surface area (Å²) >= 11 is 3.29.